The van der Waals surface area contributed by atoms with Crippen LogP contribution >= 0.6 is 34.8 Å². The fourth-order valence-corrected chi connectivity index (χ4v) is 3.37. The van der Waals surface area contributed by atoms with Crippen molar-refractivity contribution >= 4 is 46.7 Å². The van der Waals surface area contributed by atoms with Gasteiger partial charge in [0.2, 0.25) is 0 Å². The van der Waals surface area contributed by atoms with E-state index in [1.807, 2.05) is 47.6 Å². The molecule has 0 spiro atoms. The summed E-state index contributed by atoms with van der Waals surface area (Å²) in [6.07, 6.45) is 1.96. The zero-order valence-corrected chi connectivity index (χ0v) is 14.5. The number of hydrogen-bond donors (Lipinski definition) is 0. The third-order valence-electron chi connectivity index (χ3n) is 3.81. The molecule has 0 N–H and O–H groups in total. The van der Waals surface area contributed by atoms with E-state index in [4.69, 9.17) is 34.8 Å². The van der Waals surface area contributed by atoms with Crippen LogP contribution in [-0.2, 0) is 0 Å². The normalized spacial score (nSPS) is 19.7. The minimum atomic E-state index is -0.128. The van der Waals surface area contributed by atoms with Crippen LogP contribution in [0.5, 0.6) is 0 Å². The smallest absolute Gasteiger partial charge is 0.0876 e. The van der Waals surface area contributed by atoms with Gasteiger partial charge in [-0.3, -0.25) is 5.01 Å². The van der Waals surface area contributed by atoms with E-state index in [-0.39, 0.29) is 11.5 Å². The average molecular weight is 354 g/mol. The van der Waals surface area contributed by atoms with Crippen LogP contribution in [0.25, 0.3) is 0 Å². The first-order valence-corrected chi connectivity index (χ1v) is 8.07. The number of benzene rings is 2. The molecule has 0 aromatic heterocycles. The van der Waals surface area contributed by atoms with Crippen molar-refractivity contribution < 1.29 is 0 Å². The minimum absolute atomic E-state index is 0.0449. The van der Waals surface area contributed by atoms with E-state index < -0.39 is 0 Å². The highest BCUT2D eigenvalue weighted by Gasteiger charge is 2.40. The third kappa shape index (κ3) is 2.83. The van der Waals surface area contributed by atoms with Gasteiger partial charge in [-0.2, -0.15) is 5.10 Å². The van der Waals surface area contributed by atoms with E-state index in [0.29, 0.717) is 10.0 Å². The van der Waals surface area contributed by atoms with E-state index in [9.17, 15) is 0 Å². The van der Waals surface area contributed by atoms with Crippen molar-refractivity contribution in [2.24, 2.45) is 10.5 Å². The van der Waals surface area contributed by atoms with Crippen molar-refractivity contribution in [1.29, 1.82) is 0 Å². The Morgan fingerprint density at radius 3 is 2.23 bits per heavy atom. The van der Waals surface area contributed by atoms with Gasteiger partial charge in [0.1, 0.15) is 0 Å². The molecule has 114 valence electrons. The Balaban J connectivity index is 2.06. The molecule has 0 fully saturated rings. The van der Waals surface area contributed by atoms with Gasteiger partial charge in [-0.25, -0.2) is 0 Å². The fourth-order valence-electron chi connectivity index (χ4n) is 2.75. The van der Waals surface area contributed by atoms with Gasteiger partial charge in [-0.1, -0.05) is 60.8 Å². The maximum Gasteiger partial charge on any atom is 0.0876 e. The number of hydrogen-bond acceptors (Lipinski definition) is 2. The second-order valence-corrected chi connectivity index (χ2v) is 7.24. The second kappa shape index (κ2) is 5.77. The summed E-state index contributed by atoms with van der Waals surface area (Å²) in [6, 6.07) is 13.3. The van der Waals surface area contributed by atoms with Crippen LogP contribution in [0.4, 0.5) is 5.69 Å². The Labute approximate surface area is 145 Å². The van der Waals surface area contributed by atoms with Gasteiger partial charge in [-0.05, 0) is 35.9 Å². The van der Waals surface area contributed by atoms with Gasteiger partial charge in [0.25, 0.3) is 0 Å². The summed E-state index contributed by atoms with van der Waals surface area (Å²) in [4.78, 5) is 0. The maximum absolute atomic E-state index is 6.36. The fraction of sp³-hybridized carbons (Fsp3) is 0.235. The van der Waals surface area contributed by atoms with Crippen LogP contribution in [-0.4, -0.2) is 6.21 Å². The van der Waals surface area contributed by atoms with Crippen molar-refractivity contribution in [2.75, 3.05) is 5.01 Å². The third-order valence-corrected chi connectivity index (χ3v) is 4.60. The summed E-state index contributed by atoms with van der Waals surface area (Å²) in [5.74, 6) is 0. The van der Waals surface area contributed by atoms with Crippen molar-refractivity contribution in [3.63, 3.8) is 0 Å². The molecule has 1 atom stereocenters. The summed E-state index contributed by atoms with van der Waals surface area (Å²) in [6.45, 7) is 4.30. The SMILES string of the molecule is CC1(C)C=NN(c2ccc(Cl)cc2Cl)C1c1ccc(Cl)cc1. The summed E-state index contributed by atoms with van der Waals surface area (Å²) < 4.78 is 0. The molecule has 0 saturated carbocycles. The Morgan fingerprint density at radius 2 is 1.59 bits per heavy atom. The molecule has 0 bridgehead atoms. The Hall–Kier alpha value is -1.22. The maximum atomic E-state index is 6.36. The zero-order valence-electron chi connectivity index (χ0n) is 12.2. The first-order chi connectivity index (χ1) is 10.4. The monoisotopic (exact) mass is 352 g/mol. The van der Waals surface area contributed by atoms with Crippen molar-refractivity contribution in [3.8, 4) is 0 Å². The molecule has 2 nitrogen and oxygen atoms in total. The topological polar surface area (TPSA) is 15.6 Å². The molecule has 1 aliphatic rings. The van der Waals surface area contributed by atoms with Crippen LogP contribution in [0.2, 0.25) is 15.1 Å². The van der Waals surface area contributed by atoms with Crippen LogP contribution in [0, 0.1) is 5.41 Å². The highest BCUT2D eigenvalue weighted by Crippen LogP contribution is 2.46. The number of anilines is 1. The van der Waals surface area contributed by atoms with E-state index in [1.54, 1.807) is 6.07 Å². The molecular formula is C17H15Cl3N2. The number of hydrazone groups is 1. The second-order valence-electron chi connectivity index (χ2n) is 5.96. The molecule has 1 aliphatic heterocycles. The van der Waals surface area contributed by atoms with Gasteiger partial charge >= 0.3 is 0 Å². The first kappa shape index (κ1) is 15.7. The van der Waals surface area contributed by atoms with Gasteiger partial charge in [0.15, 0.2) is 0 Å². The Morgan fingerprint density at radius 1 is 0.955 bits per heavy atom. The van der Waals surface area contributed by atoms with Crippen molar-refractivity contribution in [1.82, 2.24) is 0 Å². The summed E-state index contributed by atoms with van der Waals surface area (Å²) in [5, 5.41) is 8.44. The summed E-state index contributed by atoms with van der Waals surface area (Å²) in [7, 11) is 0. The highest BCUT2D eigenvalue weighted by molar-refractivity contribution is 6.36. The Kier molecular flexibility index (Phi) is 4.11. The average Bonchev–Trinajstić information content (AvgIpc) is 2.75. The molecule has 2 aromatic carbocycles. The molecular weight excluding hydrogens is 339 g/mol. The van der Waals surface area contributed by atoms with Crippen molar-refractivity contribution in [3.05, 3.63) is 63.1 Å². The van der Waals surface area contributed by atoms with E-state index in [2.05, 4.69) is 18.9 Å². The quantitative estimate of drug-likeness (QED) is 0.625. The predicted octanol–water partition coefficient (Wildman–Crippen LogP) is 6.22. The van der Waals surface area contributed by atoms with Crippen LogP contribution in [0.15, 0.2) is 47.6 Å². The van der Waals surface area contributed by atoms with Crippen LogP contribution < -0.4 is 5.01 Å². The lowest BCUT2D eigenvalue weighted by Crippen LogP contribution is -2.29. The van der Waals surface area contributed by atoms with Gasteiger partial charge in [0.05, 0.1) is 16.8 Å². The van der Waals surface area contributed by atoms with E-state index in [0.717, 1.165) is 16.3 Å². The lowest BCUT2D eigenvalue weighted by molar-refractivity contribution is 0.431. The molecule has 1 heterocycles. The molecule has 22 heavy (non-hydrogen) atoms. The lowest BCUT2D eigenvalue weighted by atomic mass is 9.82. The molecule has 0 radical (unpaired) electrons. The molecule has 2 aromatic rings. The van der Waals surface area contributed by atoms with Crippen molar-refractivity contribution in [2.45, 2.75) is 19.9 Å². The Bertz CT molecular complexity index is 723. The summed E-state index contributed by atoms with van der Waals surface area (Å²) in [5.41, 5.74) is 1.85. The molecule has 5 heteroatoms. The molecule has 0 amide bonds. The van der Waals surface area contributed by atoms with Crippen LogP contribution in [0.1, 0.15) is 25.5 Å². The van der Waals surface area contributed by atoms with Gasteiger partial charge in [-0.15, -0.1) is 0 Å². The van der Waals surface area contributed by atoms with Gasteiger partial charge < -0.3 is 0 Å². The molecule has 1 unspecified atom stereocenters. The standard InChI is InChI=1S/C17H15Cl3N2/c1-17(2)10-21-22(15-8-7-13(19)9-14(15)20)16(17)11-3-5-12(18)6-4-11/h3-10,16H,1-2H3. The van der Waals surface area contributed by atoms with Gasteiger partial charge in [0, 0.05) is 21.7 Å². The summed E-state index contributed by atoms with van der Waals surface area (Å²) >= 11 is 18.4. The van der Waals surface area contributed by atoms with Crippen LogP contribution in [0.3, 0.4) is 0 Å². The predicted molar refractivity (Wildman–Crippen MR) is 95.4 cm³/mol. The first-order valence-electron chi connectivity index (χ1n) is 6.93. The molecule has 3 rings (SSSR count). The van der Waals surface area contributed by atoms with E-state index >= 15 is 0 Å². The van der Waals surface area contributed by atoms with E-state index in [1.165, 1.54) is 0 Å². The lowest BCUT2D eigenvalue weighted by Gasteiger charge is -2.32. The molecule has 0 saturated heterocycles. The highest BCUT2D eigenvalue weighted by atomic mass is 35.5. The molecule has 0 aliphatic carbocycles. The minimum Gasteiger partial charge on any atom is -0.256 e. The zero-order chi connectivity index (χ0) is 15.9. The number of halogens is 3. The number of nitrogens with zero attached hydrogens (tertiary/aromatic N) is 2. The number of rotatable bonds is 2. The largest absolute Gasteiger partial charge is 0.256 e.